The molecule has 0 amide bonds. The minimum atomic E-state index is -2.86. The Bertz CT molecular complexity index is 29.9. The predicted molar refractivity (Wildman–Crippen MR) is 11.5 cm³/mol. The van der Waals surface area contributed by atoms with Gasteiger partial charge in [0.2, 0.25) is 0 Å². The van der Waals surface area contributed by atoms with E-state index in [1.165, 1.54) is 0 Å². The Labute approximate surface area is 47.4 Å². The average Bonchev–Trinajstić information content (AvgIpc) is 0.811. The number of rotatable bonds is 0. The Balaban J connectivity index is 0. The second-order valence-corrected chi connectivity index (χ2v) is 0.651. The molecule has 1 atom stereocenters. The average molecular weight is 189 g/mol. The maximum absolute atomic E-state index is 8.56. The molecule has 0 aliphatic heterocycles. The second kappa shape index (κ2) is 4.81. The van der Waals surface area contributed by atoms with E-state index in [4.69, 9.17) is 13.3 Å². The van der Waals surface area contributed by atoms with Gasteiger partial charge in [-0.25, -0.2) is 4.21 Å². The SMILES string of the molecule is O=S([O-])O.[Ag]. The van der Waals surface area contributed by atoms with Crippen molar-refractivity contribution in [3.05, 3.63) is 0 Å². The van der Waals surface area contributed by atoms with Gasteiger partial charge in [0.25, 0.3) is 0 Å². The van der Waals surface area contributed by atoms with E-state index >= 15 is 0 Å². The van der Waals surface area contributed by atoms with Crippen molar-refractivity contribution in [2.24, 2.45) is 0 Å². The minimum absolute atomic E-state index is 0. The zero-order valence-electron chi connectivity index (χ0n) is 1.97. The summed E-state index contributed by atoms with van der Waals surface area (Å²) in [7, 11) is 0. The molecule has 0 saturated heterocycles. The molecule has 0 saturated carbocycles. The van der Waals surface area contributed by atoms with Crippen molar-refractivity contribution in [3.8, 4) is 0 Å². The summed E-state index contributed by atoms with van der Waals surface area (Å²) in [6.45, 7) is 0. The molecule has 0 heterocycles. The summed E-state index contributed by atoms with van der Waals surface area (Å²) in [5.41, 5.74) is 0. The Morgan fingerprint density at radius 3 is 1.80 bits per heavy atom. The second-order valence-electron chi connectivity index (χ2n) is 0.217. The molecule has 1 radical (unpaired) electrons. The van der Waals surface area contributed by atoms with Crippen LogP contribution in [0, 0.1) is 0 Å². The van der Waals surface area contributed by atoms with E-state index in [2.05, 4.69) is 0 Å². The molecule has 3 nitrogen and oxygen atoms in total. The molecule has 0 spiro atoms. The first-order valence-electron chi connectivity index (χ1n) is 0.516. The van der Waals surface area contributed by atoms with Crippen LogP contribution >= 0.6 is 0 Å². The fourth-order valence-electron chi connectivity index (χ4n) is 0. The van der Waals surface area contributed by atoms with Crippen LogP contribution in [0.25, 0.3) is 0 Å². The van der Waals surface area contributed by atoms with Crippen LogP contribution in [0.5, 0.6) is 0 Å². The Morgan fingerprint density at radius 2 is 1.80 bits per heavy atom. The van der Waals surface area contributed by atoms with E-state index < -0.39 is 11.4 Å². The summed E-state index contributed by atoms with van der Waals surface area (Å²) >= 11 is -2.86. The third-order valence-electron chi connectivity index (χ3n) is 0. The summed E-state index contributed by atoms with van der Waals surface area (Å²) < 4.78 is 24.1. The van der Waals surface area contributed by atoms with Gasteiger partial charge in [0.05, 0.1) is 11.4 Å². The first-order chi connectivity index (χ1) is 1.73. The smallest absolute Gasteiger partial charge is 0.0814 e. The molecule has 0 aromatic heterocycles. The molecule has 1 N–H and O–H groups in total. The fourth-order valence-corrected chi connectivity index (χ4v) is 0. The van der Waals surface area contributed by atoms with Crippen LogP contribution in [0.2, 0.25) is 0 Å². The van der Waals surface area contributed by atoms with Crippen LogP contribution < -0.4 is 0 Å². The molecule has 37 valence electrons. The summed E-state index contributed by atoms with van der Waals surface area (Å²) in [5, 5.41) is 0. The summed E-state index contributed by atoms with van der Waals surface area (Å²) in [6, 6.07) is 0. The maximum Gasteiger partial charge on any atom is 0.0814 e. The van der Waals surface area contributed by atoms with E-state index in [0.717, 1.165) is 0 Å². The van der Waals surface area contributed by atoms with Crippen molar-refractivity contribution < 1.29 is 35.7 Å². The van der Waals surface area contributed by atoms with Crippen molar-refractivity contribution in [3.63, 3.8) is 0 Å². The molecule has 0 aliphatic carbocycles. The number of hydrogen-bond acceptors (Lipinski definition) is 2. The summed E-state index contributed by atoms with van der Waals surface area (Å²) in [6.07, 6.45) is 0. The summed E-state index contributed by atoms with van der Waals surface area (Å²) in [4.78, 5) is 0. The quantitative estimate of drug-likeness (QED) is 0.406. The Hall–Kier alpha value is 0.810. The number of hydrogen-bond donors (Lipinski definition) is 1. The molecular weight excluding hydrogens is 188 g/mol. The van der Waals surface area contributed by atoms with Crippen LogP contribution in [0.1, 0.15) is 0 Å². The largest absolute Gasteiger partial charge is 0.750 e. The summed E-state index contributed by atoms with van der Waals surface area (Å²) in [5.74, 6) is 0. The van der Waals surface area contributed by atoms with E-state index in [1.54, 1.807) is 0 Å². The van der Waals surface area contributed by atoms with Crippen molar-refractivity contribution >= 4 is 11.4 Å². The van der Waals surface area contributed by atoms with Crippen LogP contribution in [-0.4, -0.2) is 13.3 Å². The zero-order chi connectivity index (χ0) is 3.58. The van der Waals surface area contributed by atoms with Gasteiger partial charge in [-0.3, -0.25) is 0 Å². The molecule has 0 bridgehead atoms. The minimum Gasteiger partial charge on any atom is -0.750 e. The third kappa shape index (κ3) is 57.9. The predicted octanol–water partition coefficient (Wildman–Crippen LogP) is -0.664. The molecular formula is HAgO3S-. The Morgan fingerprint density at radius 1 is 1.80 bits per heavy atom. The van der Waals surface area contributed by atoms with Crippen molar-refractivity contribution in [2.45, 2.75) is 0 Å². The molecule has 0 aromatic rings. The van der Waals surface area contributed by atoms with Crippen LogP contribution in [0.3, 0.4) is 0 Å². The van der Waals surface area contributed by atoms with Crippen LogP contribution in [0.15, 0.2) is 0 Å². The molecule has 5 heteroatoms. The molecule has 5 heavy (non-hydrogen) atoms. The van der Waals surface area contributed by atoms with E-state index in [0.29, 0.717) is 0 Å². The molecule has 0 aliphatic rings. The van der Waals surface area contributed by atoms with Gasteiger partial charge in [-0.05, 0) is 0 Å². The van der Waals surface area contributed by atoms with E-state index in [-0.39, 0.29) is 22.4 Å². The van der Waals surface area contributed by atoms with Gasteiger partial charge in [0, 0.05) is 22.4 Å². The zero-order valence-corrected chi connectivity index (χ0v) is 4.27. The monoisotopic (exact) mass is 188 g/mol. The molecule has 0 aromatic carbocycles. The first kappa shape index (κ1) is 9.26. The normalized spacial score (nSPS) is 12.4. The van der Waals surface area contributed by atoms with Gasteiger partial charge in [-0.2, -0.15) is 0 Å². The molecule has 0 rings (SSSR count). The topological polar surface area (TPSA) is 60.4 Å². The van der Waals surface area contributed by atoms with Gasteiger partial charge < -0.3 is 9.11 Å². The van der Waals surface area contributed by atoms with Gasteiger partial charge in [0.1, 0.15) is 0 Å². The van der Waals surface area contributed by atoms with Crippen molar-refractivity contribution in [1.82, 2.24) is 0 Å². The van der Waals surface area contributed by atoms with Gasteiger partial charge in [0.15, 0.2) is 0 Å². The van der Waals surface area contributed by atoms with Crippen molar-refractivity contribution in [2.75, 3.05) is 0 Å². The molecule has 1 unspecified atom stereocenters. The van der Waals surface area contributed by atoms with Gasteiger partial charge >= 0.3 is 0 Å². The van der Waals surface area contributed by atoms with Crippen LogP contribution in [-0.2, 0) is 33.7 Å². The fraction of sp³-hybridized carbons (Fsp3) is 0. The van der Waals surface area contributed by atoms with Gasteiger partial charge in [-0.15, -0.1) is 0 Å². The first-order valence-corrected chi connectivity index (χ1v) is 1.55. The van der Waals surface area contributed by atoms with Crippen molar-refractivity contribution in [1.29, 1.82) is 0 Å². The molecule has 0 fully saturated rings. The van der Waals surface area contributed by atoms with Crippen LogP contribution in [0.4, 0.5) is 0 Å². The van der Waals surface area contributed by atoms with E-state index in [9.17, 15) is 0 Å². The van der Waals surface area contributed by atoms with Gasteiger partial charge in [-0.1, -0.05) is 0 Å². The third-order valence-corrected chi connectivity index (χ3v) is 0. The Kier molecular flexibility index (Phi) is 8.91. The standard InChI is InChI=1S/Ag.H2O3S/c;1-4(2)3/h;(H2,1,2,3)/p-1. The maximum atomic E-state index is 8.56. The van der Waals surface area contributed by atoms with E-state index in [1.807, 2.05) is 0 Å².